The molecule has 0 saturated carbocycles. The quantitative estimate of drug-likeness (QED) is 0.135. The number of ketones is 1. The molecular formula is C21H19N3O4S2. The maximum atomic E-state index is 13.2. The fourth-order valence-corrected chi connectivity index (χ4v) is 5.83. The Balaban J connectivity index is 1.66. The second kappa shape index (κ2) is 8.53. The lowest BCUT2D eigenvalue weighted by Crippen LogP contribution is -2.23. The molecule has 0 bridgehead atoms. The predicted octanol–water partition coefficient (Wildman–Crippen LogP) is 4.41. The van der Waals surface area contributed by atoms with Crippen LogP contribution in [0.4, 0.5) is 5.69 Å². The Morgan fingerprint density at radius 2 is 2.17 bits per heavy atom. The summed E-state index contributed by atoms with van der Waals surface area (Å²) in [4.78, 5) is 42.9. The van der Waals surface area contributed by atoms with Gasteiger partial charge in [0.15, 0.2) is 10.9 Å². The molecule has 0 unspecified atom stereocenters. The topological polar surface area (TPSA) is 95.1 Å². The fourth-order valence-electron chi connectivity index (χ4n) is 3.63. The average molecular weight is 442 g/mol. The number of nitro groups is 1. The van der Waals surface area contributed by atoms with E-state index in [1.165, 1.54) is 34.8 Å². The number of rotatable bonds is 7. The van der Waals surface area contributed by atoms with Crippen molar-refractivity contribution in [3.05, 3.63) is 73.4 Å². The van der Waals surface area contributed by atoms with Gasteiger partial charge in [-0.3, -0.25) is 24.3 Å². The van der Waals surface area contributed by atoms with Gasteiger partial charge < -0.3 is 0 Å². The van der Waals surface area contributed by atoms with Gasteiger partial charge in [-0.05, 0) is 31.2 Å². The molecule has 1 aromatic carbocycles. The van der Waals surface area contributed by atoms with Crippen LogP contribution in [0.5, 0.6) is 0 Å². The minimum absolute atomic E-state index is 0.0291. The molecule has 2 aromatic heterocycles. The van der Waals surface area contributed by atoms with E-state index in [1.54, 1.807) is 28.0 Å². The van der Waals surface area contributed by atoms with Gasteiger partial charge >= 0.3 is 0 Å². The Kier molecular flexibility index (Phi) is 5.83. The van der Waals surface area contributed by atoms with Crippen LogP contribution in [-0.2, 0) is 19.4 Å². The smallest absolute Gasteiger partial charge is 0.270 e. The number of allylic oxidation sites excluding steroid dienone is 1. The van der Waals surface area contributed by atoms with Gasteiger partial charge in [-0.25, -0.2) is 4.98 Å². The van der Waals surface area contributed by atoms with Crippen LogP contribution in [-0.4, -0.2) is 26.0 Å². The number of carbonyl (C=O) groups is 1. The molecule has 30 heavy (non-hydrogen) atoms. The molecule has 1 aliphatic rings. The summed E-state index contributed by atoms with van der Waals surface area (Å²) in [7, 11) is 0. The van der Waals surface area contributed by atoms with Gasteiger partial charge in [-0.15, -0.1) is 17.9 Å². The van der Waals surface area contributed by atoms with E-state index in [0.29, 0.717) is 17.1 Å². The molecule has 4 rings (SSSR count). The minimum Gasteiger partial charge on any atom is -0.293 e. The first kappa shape index (κ1) is 20.5. The monoisotopic (exact) mass is 441 g/mol. The first-order chi connectivity index (χ1) is 14.5. The van der Waals surface area contributed by atoms with Crippen molar-refractivity contribution < 1.29 is 9.72 Å². The molecule has 7 nitrogen and oxygen atoms in total. The highest BCUT2D eigenvalue weighted by Crippen LogP contribution is 2.34. The van der Waals surface area contributed by atoms with Gasteiger partial charge in [0.05, 0.1) is 16.1 Å². The van der Waals surface area contributed by atoms with Crippen molar-refractivity contribution in [1.29, 1.82) is 0 Å². The standard InChI is InChI=1S/C21H19N3O4S2/c1-2-10-23-20(26)18-15-8-3-4-9-17(15)30-19(18)22-21(23)29-12-16(25)13-6-5-7-14(11-13)24(27)28/h2,5-7,11H,1,3-4,8-10,12H2. The summed E-state index contributed by atoms with van der Waals surface area (Å²) < 4.78 is 1.56. The lowest BCUT2D eigenvalue weighted by molar-refractivity contribution is -0.384. The Bertz CT molecular complexity index is 1230. The van der Waals surface area contributed by atoms with Crippen molar-refractivity contribution in [1.82, 2.24) is 9.55 Å². The van der Waals surface area contributed by atoms with E-state index >= 15 is 0 Å². The van der Waals surface area contributed by atoms with Crippen LogP contribution in [0.3, 0.4) is 0 Å². The predicted molar refractivity (Wildman–Crippen MR) is 119 cm³/mol. The number of hydrogen-bond donors (Lipinski definition) is 0. The molecule has 3 aromatic rings. The zero-order chi connectivity index (χ0) is 21.3. The van der Waals surface area contributed by atoms with Crippen LogP contribution in [0.1, 0.15) is 33.6 Å². The van der Waals surface area contributed by atoms with Crippen molar-refractivity contribution in [2.24, 2.45) is 0 Å². The molecule has 0 atom stereocenters. The number of aromatic nitrogens is 2. The van der Waals surface area contributed by atoms with Crippen LogP contribution in [0.2, 0.25) is 0 Å². The number of thiophene rings is 1. The molecule has 2 heterocycles. The maximum absolute atomic E-state index is 13.2. The summed E-state index contributed by atoms with van der Waals surface area (Å²) in [6, 6.07) is 5.66. The van der Waals surface area contributed by atoms with E-state index in [9.17, 15) is 19.7 Å². The van der Waals surface area contributed by atoms with Crippen LogP contribution in [0, 0.1) is 10.1 Å². The molecule has 0 aliphatic heterocycles. The third-order valence-electron chi connectivity index (χ3n) is 5.06. The zero-order valence-electron chi connectivity index (χ0n) is 16.1. The van der Waals surface area contributed by atoms with Crippen molar-refractivity contribution >= 4 is 44.8 Å². The largest absolute Gasteiger partial charge is 0.293 e. The van der Waals surface area contributed by atoms with Gasteiger partial charge in [-0.1, -0.05) is 30.0 Å². The van der Waals surface area contributed by atoms with Gasteiger partial charge in [-0.2, -0.15) is 0 Å². The summed E-state index contributed by atoms with van der Waals surface area (Å²) in [6.07, 6.45) is 5.72. The second-order valence-electron chi connectivity index (χ2n) is 7.01. The number of benzene rings is 1. The Hall–Kier alpha value is -2.78. The molecule has 0 radical (unpaired) electrons. The van der Waals surface area contributed by atoms with Crippen LogP contribution < -0.4 is 5.56 Å². The molecule has 154 valence electrons. The van der Waals surface area contributed by atoms with Gasteiger partial charge in [0.1, 0.15) is 4.83 Å². The van der Waals surface area contributed by atoms with Crippen LogP contribution in [0.15, 0.2) is 46.9 Å². The molecule has 9 heteroatoms. The van der Waals surface area contributed by atoms with Crippen molar-refractivity contribution in [2.75, 3.05) is 5.75 Å². The second-order valence-corrected chi connectivity index (χ2v) is 9.04. The third-order valence-corrected chi connectivity index (χ3v) is 7.22. The van der Waals surface area contributed by atoms with E-state index in [4.69, 9.17) is 4.98 Å². The number of nitro benzene ring substituents is 1. The number of nitrogens with zero attached hydrogens (tertiary/aromatic N) is 3. The van der Waals surface area contributed by atoms with Gasteiger partial charge in [0, 0.05) is 29.1 Å². The van der Waals surface area contributed by atoms with Crippen LogP contribution >= 0.6 is 23.1 Å². The van der Waals surface area contributed by atoms with Crippen LogP contribution in [0.25, 0.3) is 10.2 Å². The highest BCUT2D eigenvalue weighted by molar-refractivity contribution is 7.99. The van der Waals surface area contributed by atoms with E-state index in [-0.39, 0.29) is 28.3 Å². The number of Topliss-reactive ketones (excluding diaryl/α,β-unsaturated/α-hetero) is 1. The van der Waals surface area contributed by atoms with E-state index in [1.807, 2.05) is 0 Å². The number of non-ortho nitro benzene ring substituents is 1. The highest BCUT2D eigenvalue weighted by Gasteiger charge is 2.22. The Morgan fingerprint density at radius 1 is 1.37 bits per heavy atom. The molecule has 0 N–H and O–H groups in total. The molecule has 0 saturated heterocycles. The molecule has 0 fully saturated rings. The van der Waals surface area contributed by atoms with Crippen molar-refractivity contribution in [3.63, 3.8) is 0 Å². The fraction of sp³-hybridized carbons (Fsp3) is 0.286. The summed E-state index contributed by atoms with van der Waals surface area (Å²) in [6.45, 7) is 4.04. The summed E-state index contributed by atoms with van der Waals surface area (Å²) in [5.74, 6) is -0.227. The maximum Gasteiger partial charge on any atom is 0.270 e. The van der Waals surface area contributed by atoms with Crippen molar-refractivity contribution in [2.45, 2.75) is 37.4 Å². The molecule has 0 spiro atoms. The molecule has 1 aliphatic carbocycles. The van der Waals surface area contributed by atoms with E-state index < -0.39 is 4.92 Å². The summed E-state index contributed by atoms with van der Waals surface area (Å²) >= 11 is 2.74. The molecule has 0 amide bonds. The van der Waals surface area contributed by atoms with Gasteiger partial charge in [0.2, 0.25) is 0 Å². The average Bonchev–Trinajstić information content (AvgIpc) is 3.13. The first-order valence-corrected chi connectivity index (χ1v) is 11.4. The first-order valence-electron chi connectivity index (χ1n) is 9.56. The van der Waals surface area contributed by atoms with Crippen molar-refractivity contribution in [3.8, 4) is 0 Å². The van der Waals surface area contributed by atoms with E-state index in [2.05, 4.69) is 6.58 Å². The lowest BCUT2D eigenvalue weighted by atomic mass is 9.97. The number of aryl methyl sites for hydroxylation is 2. The zero-order valence-corrected chi connectivity index (χ0v) is 17.8. The SMILES string of the molecule is C=CCn1c(SCC(=O)c2cccc([N+](=O)[O-])c2)nc2sc3c(c2c1=O)CCCC3. The van der Waals surface area contributed by atoms with E-state index in [0.717, 1.165) is 36.1 Å². The number of fused-ring (bicyclic) bond motifs is 3. The number of thioether (sulfide) groups is 1. The Labute approximate surface area is 180 Å². The minimum atomic E-state index is -0.528. The summed E-state index contributed by atoms with van der Waals surface area (Å²) in [5, 5.41) is 12.1. The third kappa shape index (κ3) is 3.82. The number of carbonyl (C=O) groups excluding carboxylic acids is 1. The Morgan fingerprint density at radius 3 is 2.93 bits per heavy atom. The molecular weight excluding hydrogens is 422 g/mol. The number of hydrogen-bond acceptors (Lipinski definition) is 7. The summed E-state index contributed by atoms with van der Waals surface area (Å²) in [5.41, 5.74) is 1.17. The van der Waals surface area contributed by atoms with Gasteiger partial charge in [0.25, 0.3) is 11.2 Å². The lowest BCUT2D eigenvalue weighted by Gasteiger charge is -2.12. The normalized spacial score (nSPS) is 13.2. The highest BCUT2D eigenvalue weighted by atomic mass is 32.2.